The summed E-state index contributed by atoms with van der Waals surface area (Å²) in [5.74, 6) is 0.875. The van der Waals surface area contributed by atoms with Gasteiger partial charge in [0.1, 0.15) is 0 Å². The molecule has 25 heavy (non-hydrogen) atoms. The fourth-order valence-electron chi connectivity index (χ4n) is 2.18. The minimum atomic E-state index is -0.0967. The molecule has 4 aromatic rings. The van der Waals surface area contributed by atoms with Crippen molar-refractivity contribution in [3.8, 4) is 11.4 Å². The van der Waals surface area contributed by atoms with E-state index in [-0.39, 0.29) is 11.7 Å². The predicted molar refractivity (Wildman–Crippen MR) is 104 cm³/mol. The average Bonchev–Trinajstić information content (AvgIpc) is 3.27. The normalized spacial score (nSPS) is 10.9. The molecule has 124 valence electrons. The number of rotatable bonds is 5. The molecule has 0 unspecified atom stereocenters. The van der Waals surface area contributed by atoms with Crippen LogP contribution in [0.3, 0.4) is 0 Å². The lowest BCUT2D eigenvalue weighted by molar-refractivity contribution is -0.113. The van der Waals surface area contributed by atoms with E-state index in [1.807, 2.05) is 54.6 Å². The molecule has 0 bridgehead atoms. The molecule has 0 aliphatic rings. The number of benzene rings is 2. The molecular weight excluding hydrogens is 372 g/mol. The summed E-state index contributed by atoms with van der Waals surface area (Å²) < 4.78 is 6.18. The maximum atomic E-state index is 12.1. The zero-order valence-electron chi connectivity index (χ0n) is 12.9. The summed E-state index contributed by atoms with van der Waals surface area (Å²) in [6, 6.07) is 17.6. The van der Waals surface area contributed by atoms with Crippen LogP contribution in [0.1, 0.15) is 0 Å². The van der Waals surface area contributed by atoms with Gasteiger partial charge in [-0.25, -0.2) is 9.97 Å². The van der Waals surface area contributed by atoms with Crippen LogP contribution in [0.4, 0.5) is 5.13 Å². The first-order valence-electron chi connectivity index (χ1n) is 7.45. The molecule has 0 saturated heterocycles. The Balaban J connectivity index is 1.36. The summed E-state index contributed by atoms with van der Waals surface area (Å²) in [6.45, 7) is 0. The number of aromatic nitrogens is 3. The van der Waals surface area contributed by atoms with Crippen molar-refractivity contribution in [1.82, 2.24) is 14.3 Å². The number of thioether (sulfide) groups is 1. The second-order valence-corrected chi connectivity index (χ2v) is 8.08. The Morgan fingerprint density at radius 2 is 1.84 bits per heavy atom. The first-order valence-corrected chi connectivity index (χ1v) is 10.0. The molecule has 4 rings (SSSR count). The number of nitrogens with one attached hydrogen (secondary N) is 1. The third-order valence-corrected chi connectivity index (χ3v) is 6.09. The fourth-order valence-corrected chi connectivity index (χ4v) is 4.48. The molecule has 0 atom stereocenters. The van der Waals surface area contributed by atoms with E-state index in [1.54, 1.807) is 0 Å². The minimum absolute atomic E-state index is 0.0967. The first kappa shape index (κ1) is 16.2. The zero-order valence-corrected chi connectivity index (χ0v) is 15.3. The number of para-hydroxylation sites is 1. The van der Waals surface area contributed by atoms with Crippen molar-refractivity contribution < 1.29 is 4.79 Å². The van der Waals surface area contributed by atoms with E-state index >= 15 is 0 Å². The van der Waals surface area contributed by atoms with Crippen molar-refractivity contribution in [2.45, 2.75) is 4.34 Å². The summed E-state index contributed by atoms with van der Waals surface area (Å²) >= 11 is 4.16. The molecule has 0 fully saturated rings. The smallest absolute Gasteiger partial charge is 0.236 e. The van der Waals surface area contributed by atoms with Crippen molar-refractivity contribution >= 4 is 55.9 Å². The van der Waals surface area contributed by atoms with Gasteiger partial charge in [0.25, 0.3) is 0 Å². The standard InChI is InChI=1S/C17H12N4OS3/c22-14(19-16-18-12-8-4-5-9-13(12)24-16)10-23-17-20-15(21-25-17)11-6-2-1-3-7-11/h1-9H,10H2,(H,18,19,22). The van der Waals surface area contributed by atoms with E-state index in [4.69, 9.17) is 0 Å². The monoisotopic (exact) mass is 384 g/mol. The number of amides is 1. The SMILES string of the molecule is O=C(CSc1nc(-c2ccccc2)ns1)Nc1nc2ccccc2s1. The van der Waals surface area contributed by atoms with Gasteiger partial charge in [-0.05, 0) is 23.7 Å². The highest BCUT2D eigenvalue weighted by Gasteiger charge is 2.11. The van der Waals surface area contributed by atoms with Crippen molar-refractivity contribution in [3.63, 3.8) is 0 Å². The van der Waals surface area contributed by atoms with E-state index in [2.05, 4.69) is 19.7 Å². The van der Waals surface area contributed by atoms with E-state index in [1.165, 1.54) is 34.6 Å². The Hall–Kier alpha value is -2.29. The van der Waals surface area contributed by atoms with Gasteiger partial charge >= 0.3 is 0 Å². The molecule has 2 aromatic carbocycles. The molecule has 1 N–H and O–H groups in total. The lowest BCUT2D eigenvalue weighted by atomic mass is 10.2. The summed E-state index contributed by atoms with van der Waals surface area (Å²) in [5.41, 5.74) is 1.87. The van der Waals surface area contributed by atoms with Crippen LogP contribution in [0, 0.1) is 0 Å². The van der Waals surface area contributed by atoms with Crippen LogP contribution in [-0.2, 0) is 4.79 Å². The molecule has 2 heterocycles. The number of thiazole rings is 1. The number of carbonyl (C=O) groups is 1. The number of fused-ring (bicyclic) bond motifs is 1. The van der Waals surface area contributed by atoms with Gasteiger partial charge in [-0.15, -0.1) is 0 Å². The topological polar surface area (TPSA) is 67.8 Å². The van der Waals surface area contributed by atoms with Gasteiger partial charge in [0.15, 0.2) is 15.3 Å². The molecule has 8 heteroatoms. The van der Waals surface area contributed by atoms with Crippen LogP contribution >= 0.6 is 34.6 Å². The molecule has 0 radical (unpaired) electrons. The van der Waals surface area contributed by atoms with E-state index in [0.29, 0.717) is 11.0 Å². The maximum Gasteiger partial charge on any atom is 0.236 e. The van der Waals surface area contributed by atoms with Gasteiger partial charge in [0.05, 0.1) is 16.0 Å². The first-order chi connectivity index (χ1) is 12.3. The lowest BCUT2D eigenvalue weighted by Gasteiger charge is -1.99. The summed E-state index contributed by atoms with van der Waals surface area (Å²) in [6.07, 6.45) is 0. The van der Waals surface area contributed by atoms with Crippen LogP contribution in [0.15, 0.2) is 58.9 Å². The third-order valence-electron chi connectivity index (χ3n) is 3.31. The van der Waals surface area contributed by atoms with E-state index in [0.717, 1.165) is 20.1 Å². The van der Waals surface area contributed by atoms with E-state index in [9.17, 15) is 4.79 Å². The highest BCUT2D eigenvalue weighted by molar-refractivity contribution is 8.01. The molecule has 0 aliphatic carbocycles. The number of nitrogens with zero attached hydrogens (tertiary/aromatic N) is 3. The fraction of sp³-hybridized carbons (Fsp3) is 0.0588. The predicted octanol–water partition coefficient (Wildman–Crippen LogP) is 4.55. The maximum absolute atomic E-state index is 12.1. The Labute approximate surface area is 156 Å². The number of anilines is 1. The van der Waals surface area contributed by atoms with Crippen LogP contribution < -0.4 is 5.32 Å². The molecular formula is C17H12N4OS3. The number of hydrogen-bond acceptors (Lipinski definition) is 7. The van der Waals surface area contributed by atoms with Crippen LogP contribution in [0.25, 0.3) is 21.6 Å². The van der Waals surface area contributed by atoms with Crippen LogP contribution in [0.2, 0.25) is 0 Å². The van der Waals surface area contributed by atoms with Crippen LogP contribution in [-0.4, -0.2) is 26.0 Å². The van der Waals surface area contributed by atoms with Gasteiger partial charge in [-0.3, -0.25) is 4.79 Å². The van der Waals surface area contributed by atoms with Crippen molar-refractivity contribution in [2.24, 2.45) is 0 Å². The molecule has 0 spiro atoms. The molecule has 2 aromatic heterocycles. The summed E-state index contributed by atoms with van der Waals surface area (Å²) in [4.78, 5) is 21.0. The van der Waals surface area contributed by atoms with Gasteiger partial charge < -0.3 is 5.32 Å². The lowest BCUT2D eigenvalue weighted by Crippen LogP contribution is -2.13. The van der Waals surface area contributed by atoms with Crippen LogP contribution in [0.5, 0.6) is 0 Å². The Kier molecular flexibility index (Phi) is 4.73. The Morgan fingerprint density at radius 3 is 2.68 bits per heavy atom. The van der Waals surface area contributed by atoms with Gasteiger partial charge in [0.2, 0.25) is 5.91 Å². The second-order valence-electron chi connectivity index (χ2n) is 5.07. The number of carbonyl (C=O) groups excluding carboxylic acids is 1. The van der Waals surface area contributed by atoms with Gasteiger partial charge in [-0.2, -0.15) is 4.37 Å². The van der Waals surface area contributed by atoms with E-state index < -0.39 is 0 Å². The zero-order chi connectivity index (χ0) is 17.1. The molecule has 0 aliphatic heterocycles. The summed E-state index contributed by atoms with van der Waals surface area (Å²) in [7, 11) is 0. The quantitative estimate of drug-likeness (QED) is 0.512. The molecule has 5 nitrogen and oxygen atoms in total. The average molecular weight is 385 g/mol. The highest BCUT2D eigenvalue weighted by Crippen LogP contribution is 2.27. The second kappa shape index (κ2) is 7.30. The third kappa shape index (κ3) is 3.87. The Bertz CT molecular complexity index is 980. The highest BCUT2D eigenvalue weighted by atomic mass is 32.2. The van der Waals surface area contributed by atoms with Crippen molar-refractivity contribution in [3.05, 3.63) is 54.6 Å². The van der Waals surface area contributed by atoms with Crippen molar-refractivity contribution in [2.75, 3.05) is 11.1 Å². The summed E-state index contributed by atoms with van der Waals surface area (Å²) in [5, 5.41) is 3.46. The largest absolute Gasteiger partial charge is 0.301 e. The minimum Gasteiger partial charge on any atom is -0.301 e. The Morgan fingerprint density at radius 1 is 1.04 bits per heavy atom. The van der Waals surface area contributed by atoms with Gasteiger partial charge in [0, 0.05) is 5.56 Å². The number of hydrogen-bond donors (Lipinski definition) is 1. The van der Waals surface area contributed by atoms with Gasteiger partial charge in [-0.1, -0.05) is 65.6 Å². The molecule has 1 amide bonds. The molecule has 0 saturated carbocycles. The van der Waals surface area contributed by atoms with Crippen molar-refractivity contribution in [1.29, 1.82) is 0 Å².